The summed E-state index contributed by atoms with van der Waals surface area (Å²) in [4.78, 5) is 0. The maximum Gasteiger partial charge on any atom is -0.0199 e. The van der Waals surface area contributed by atoms with Crippen molar-refractivity contribution >= 4 is 0 Å². The number of hydrogen-bond donors (Lipinski definition) is 0. The molecule has 0 aromatic rings. The number of fused-ring (bicyclic) bond motifs is 2. The standard InChI is InChI=1S/C13H22/c1-2-3-4-5-6-12-9-11-7-8-13(12)10-11/h7-8,11-13H,2-6,9-10H2,1H3/t11-,12+,13+/m1/s1. The van der Waals surface area contributed by atoms with Crippen molar-refractivity contribution in [2.75, 3.05) is 0 Å². The summed E-state index contributed by atoms with van der Waals surface area (Å²) in [7, 11) is 0. The molecule has 1 fully saturated rings. The van der Waals surface area contributed by atoms with Gasteiger partial charge in [-0.3, -0.25) is 0 Å². The van der Waals surface area contributed by atoms with E-state index in [1.165, 1.54) is 44.9 Å². The Bertz CT molecular complexity index is 180. The number of allylic oxidation sites excluding steroid dienone is 2. The Morgan fingerprint density at radius 2 is 2.00 bits per heavy atom. The number of hydrogen-bond acceptors (Lipinski definition) is 0. The second-order valence-corrected chi connectivity index (χ2v) is 4.89. The normalized spacial score (nSPS) is 35.9. The average molecular weight is 178 g/mol. The van der Waals surface area contributed by atoms with Crippen molar-refractivity contribution in [3.05, 3.63) is 12.2 Å². The summed E-state index contributed by atoms with van der Waals surface area (Å²) >= 11 is 0. The largest absolute Gasteiger partial charge is 0.0851 e. The molecule has 0 spiro atoms. The first kappa shape index (κ1) is 9.30. The molecule has 2 rings (SSSR count). The van der Waals surface area contributed by atoms with Crippen molar-refractivity contribution < 1.29 is 0 Å². The van der Waals surface area contributed by atoms with Crippen LogP contribution in [0, 0.1) is 17.8 Å². The van der Waals surface area contributed by atoms with Crippen molar-refractivity contribution in [1.29, 1.82) is 0 Å². The van der Waals surface area contributed by atoms with Crippen molar-refractivity contribution in [1.82, 2.24) is 0 Å². The van der Waals surface area contributed by atoms with Crippen molar-refractivity contribution in [2.24, 2.45) is 17.8 Å². The third-order valence-corrected chi connectivity index (χ3v) is 3.84. The molecule has 2 aliphatic carbocycles. The summed E-state index contributed by atoms with van der Waals surface area (Å²) in [5.41, 5.74) is 0. The van der Waals surface area contributed by atoms with Gasteiger partial charge in [-0.05, 0) is 37.0 Å². The molecule has 0 aromatic heterocycles. The molecule has 0 heteroatoms. The van der Waals surface area contributed by atoms with Gasteiger partial charge in [-0.15, -0.1) is 0 Å². The average Bonchev–Trinajstić information content (AvgIpc) is 2.73. The Kier molecular flexibility index (Phi) is 3.08. The fourth-order valence-electron chi connectivity index (χ4n) is 3.06. The zero-order valence-corrected chi connectivity index (χ0v) is 8.84. The third kappa shape index (κ3) is 2.15. The van der Waals surface area contributed by atoms with Crippen molar-refractivity contribution in [3.63, 3.8) is 0 Å². The Balaban J connectivity index is 1.64. The molecule has 0 radical (unpaired) electrons. The predicted octanol–water partition coefficient (Wildman–Crippen LogP) is 4.17. The lowest BCUT2D eigenvalue weighted by molar-refractivity contribution is 0.395. The van der Waals surface area contributed by atoms with Gasteiger partial charge in [0.25, 0.3) is 0 Å². The molecule has 0 nitrogen and oxygen atoms in total. The molecule has 13 heavy (non-hydrogen) atoms. The zero-order valence-electron chi connectivity index (χ0n) is 8.84. The Hall–Kier alpha value is -0.260. The summed E-state index contributed by atoms with van der Waals surface area (Å²) in [6, 6.07) is 0. The van der Waals surface area contributed by atoms with E-state index >= 15 is 0 Å². The second-order valence-electron chi connectivity index (χ2n) is 4.89. The molecule has 74 valence electrons. The maximum atomic E-state index is 2.48. The van der Waals surface area contributed by atoms with Crippen molar-refractivity contribution in [3.8, 4) is 0 Å². The quantitative estimate of drug-likeness (QED) is 0.438. The predicted molar refractivity (Wildman–Crippen MR) is 57.6 cm³/mol. The molecular weight excluding hydrogens is 156 g/mol. The third-order valence-electron chi connectivity index (χ3n) is 3.84. The van der Waals surface area contributed by atoms with Crippen LogP contribution in [0.1, 0.15) is 51.9 Å². The molecule has 0 unspecified atom stereocenters. The molecule has 2 aliphatic rings. The van der Waals surface area contributed by atoms with E-state index in [0.717, 1.165) is 17.8 Å². The fraction of sp³-hybridized carbons (Fsp3) is 0.846. The molecule has 3 atom stereocenters. The first-order valence-corrected chi connectivity index (χ1v) is 6.08. The van der Waals surface area contributed by atoms with Crippen LogP contribution in [-0.4, -0.2) is 0 Å². The molecule has 0 saturated heterocycles. The molecule has 0 aliphatic heterocycles. The van der Waals surface area contributed by atoms with Gasteiger partial charge in [0.05, 0.1) is 0 Å². The highest BCUT2D eigenvalue weighted by Gasteiger charge is 2.34. The van der Waals surface area contributed by atoms with Gasteiger partial charge in [-0.1, -0.05) is 44.8 Å². The number of rotatable bonds is 5. The van der Waals surface area contributed by atoms with Crippen LogP contribution in [0.3, 0.4) is 0 Å². The van der Waals surface area contributed by atoms with E-state index in [4.69, 9.17) is 0 Å². The Morgan fingerprint density at radius 3 is 2.62 bits per heavy atom. The van der Waals surface area contributed by atoms with E-state index < -0.39 is 0 Å². The van der Waals surface area contributed by atoms with Gasteiger partial charge in [-0.25, -0.2) is 0 Å². The van der Waals surface area contributed by atoms with Crippen LogP contribution in [-0.2, 0) is 0 Å². The van der Waals surface area contributed by atoms with E-state index in [9.17, 15) is 0 Å². The summed E-state index contributed by atoms with van der Waals surface area (Å²) in [5.74, 6) is 3.01. The minimum atomic E-state index is 0.973. The lowest BCUT2D eigenvalue weighted by atomic mass is 9.88. The maximum absolute atomic E-state index is 2.48. The van der Waals surface area contributed by atoms with Gasteiger partial charge >= 0.3 is 0 Å². The number of unbranched alkanes of at least 4 members (excludes halogenated alkanes) is 3. The topological polar surface area (TPSA) is 0 Å². The van der Waals surface area contributed by atoms with Gasteiger partial charge < -0.3 is 0 Å². The van der Waals surface area contributed by atoms with Gasteiger partial charge in [-0.2, -0.15) is 0 Å². The van der Waals surface area contributed by atoms with Crippen LogP contribution >= 0.6 is 0 Å². The van der Waals surface area contributed by atoms with Gasteiger partial charge in [0.15, 0.2) is 0 Å². The molecule has 1 saturated carbocycles. The van der Waals surface area contributed by atoms with Crippen LogP contribution in [0.4, 0.5) is 0 Å². The summed E-state index contributed by atoms with van der Waals surface area (Å²) in [5, 5.41) is 0. The lowest BCUT2D eigenvalue weighted by Gasteiger charge is -2.17. The van der Waals surface area contributed by atoms with Crippen LogP contribution in [0.25, 0.3) is 0 Å². The summed E-state index contributed by atoms with van der Waals surface area (Å²) in [6.45, 7) is 2.29. The lowest BCUT2D eigenvalue weighted by Crippen LogP contribution is -2.06. The first-order valence-electron chi connectivity index (χ1n) is 6.08. The van der Waals surface area contributed by atoms with E-state index in [1.54, 1.807) is 0 Å². The highest BCUT2D eigenvalue weighted by atomic mass is 14.4. The van der Waals surface area contributed by atoms with Gasteiger partial charge in [0.2, 0.25) is 0 Å². The summed E-state index contributed by atoms with van der Waals surface area (Å²) in [6.07, 6.45) is 15.2. The zero-order chi connectivity index (χ0) is 9.10. The molecule has 2 bridgehead atoms. The minimum Gasteiger partial charge on any atom is -0.0851 e. The van der Waals surface area contributed by atoms with Crippen LogP contribution in [0.15, 0.2) is 12.2 Å². The van der Waals surface area contributed by atoms with Gasteiger partial charge in [0.1, 0.15) is 0 Å². The second kappa shape index (κ2) is 4.30. The van der Waals surface area contributed by atoms with Gasteiger partial charge in [0, 0.05) is 0 Å². The van der Waals surface area contributed by atoms with E-state index in [0.29, 0.717) is 0 Å². The van der Waals surface area contributed by atoms with Crippen LogP contribution in [0.5, 0.6) is 0 Å². The molecule has 0 amide bonds. The minimum absolute atomic E-state index is 0.973. The highest BCUT2D eigenvalue weighted by Crippen LogP contribution is 2.45. The highest BCUT2D eigenvalue weighted by molar-refractivity contribution is 5.09. The molecular formula is C13H22. The summed E-state index contributed by atoms with van der Waals surface area (Å²) < 4.78 is 0. The Morgan fingerprint density at radius 1 is 1.08 bits per heavy atom. The van der Waals surface area contributed by atoms with E-state index in [2.05, 4.69) is 19.1 Å². The van der Waals surface area contributed by atoms with Crippen LogP contribution in [0.2, 0.25) is 0 Å². The Labute approximate surface area is 82.4 Å². The first-order chi connectivity index (χ1) is 6.40. The molecule has 0 heterocycles. The smallest absolute Gasteiger partial charge is 0.0199 e. The fourth-order valence-corrected chi connectivity index (χ4v) is 3.06. The van der Waals surface area contributed by atoms with Crippen LogP contribution < -0.4 is 0 Å². The SMILES string of the molecule is CCCCCC[C@H]1C[C@H]2C=C[C@H]1C2. The van der Waals surface area contributed by atoms with Crippen molar-refractivity contribution in [2.45, 2.75) is 51.9 Å². The molecule has 0 N–H and O–H groups in total. The molecule has 0 aromatic carbocycles. The van der Waals surface area contributed by atoms with E-state index in [-0.39, 0.29) is 0 Å². The van der Waals surface area contributed by atoms with E-state index in [1.807, 2.05) is 0 Å². The monoisotopic (exact) mass is 178 g/mol.